The van der Waals surface area contributed by atoms with Gasteiger partial charge in [0.2, 0.25) is 0 Å². The number of rotatable bonds is 7. The second-order valence-corrected chi connectivity index (χ2v) is 8.45. The molecule has 3 N–H and O–H groups in total. The molecule has 5 rings (SSSR count). The van der Waals surface area contributed by atoms with Gasteiger partial charge in [0.15, 0.2) is 0 Å². The van der Waals surface area contributed by atoms with E-state index >= 15 is 0 Å². The highest BCUT2D eigenvalue weighted by Gasteiger charge is 2.26. The molecule has 2 aromatic carbocycles. The van der Waals surface area contributed by atoms with Crippen molar-refractivity contribution >= 4 is 11.4 Å². The molecular formula is C26H30N6O. The highest BCUT2D eigenvalue weighted by Crippen LogP contribution is 2.32. The van der Waals surface area contributed by atoms with Crippen molar-refractivity contribution in [2.24, 2.45) is 7.05 Å². The summed E-state index contributed by atoms with van der Waals surface area (Å²) in [5.74, 6) is 0. The third-order valence-corrected chi connectivity index (χ3v) is 6.14. The maximum absolute atomic E-state index is 9.81. The first-order valence-electron chi connectivity index (χ1n) is 11.4. The Morgan fingerprint density at radius 3 is 2.64 bits per heavy atom. The summed E-state index contributed by atoms with van der Waals surface area (Å²) in [6.45, 7) is 3.32. The Kier molecular flexibility index (Phi) is 6.15. The van der Waals surface area contributed by atoms with E-state index in [1.54, 1.807) is 0 Å². The van der Waals surface area contributed by atoms with Crippen molar-refractivity contribution < 1.29 is 5.11 Å². The lowest BCUT2D eigenvalue weighted by atomic mass is 9.95. The summed E-state index contributed by atoms with van der Waals surface area (Å²) in [7, 11) is 1.93. The number of hydrogen-bond donors (Lipinski definition) is 3. The van der Waals surface area contributed by atoms with Crippen LogP contribution in [0.1, 0.15) is 6.42 Å². The summed E-state index contributed by atoms with van der Waals surface area (Å²) < 4.78 is 1.82. The molecule has 170 valence electrons. The van der Waals surface area contributed by atoms with Gasteiger partial charge in [0.25, 0.3) is 0 Å². The Morgan fingerprint density at radius 2 is 1.91 bits per heavy atom. The van der Waals surface area contributed by atoms with Crippen LogP contribution >= 0.6 is 0 Å². The van der Waals surface area contributed by atoms with Crippen LogP contribution in [0.15, 0.2) is 90.0 Å². The molecule has 0 atom stereocenters. The number of benzene rings is 2. The molecule has 2 aliphatic heterocycles. The van der Waals surface area contributed by atoms with Crippen LogP contribution in [-0.2, 0) is 7.05 Å². The molecule has 33 heavy (non-hydrogen) atoms. The summed E-state index contributed by atoms with van der Waals surface area (Å²) in [5, 5.41) is 19.7. The van der Waals surface area contributed by atoms with Crippen molar-refractivity contribution in [1.29, 1.82) is 0 Å². The molecular weight excluding hydrogens is 412 g/mol. The predicted octanol–water partition coefficient (Wildman–Crippen LogP) is 3.36. The topological polar surface area (TPSA) is 68.6 Å². The van der Waals surface area contributed by atoms with Crippen molar-refractivity contribution in [2.75, 3.05) is 43.1 Å². The van der Waals surface area contributed by atoms with Gasteiger partial charge in [0, 0.05) is 43.8 Å². The largest absolute Gasteiger partial charge is 0.395 e. The van der Waals surface area contributed by atoms with Crippen molar-refractivity contribution in [3.8, 4) is 11.1 Å². The van der Waals surface area contributed by atoms with Gasteiger partial charge in [-0.15, -0.1) is 0 Å². The molecule has 0 fully saturated rings. The van der Waals surface area contributed by atoms with Crippen LogP contribution < -0.4 is 15.6 Å². The summed E-state index contributed by atoms with van der Waals surface area (Å²) >= 11 is 0. The first-order valence-corrected chi connectivity index (χ1v) is 11.4. The van der Waals surface area contributed by atoms with Gasteiger partial charge in [-0.05, 0) is 53.9 Å². The smallest absolute Gasteiger partial charge is 0.0626 e. The monoisotopic (exact) mass is 442 g/mol. The number of hydrogen-bond acceptors (Lipinski definition) is 6. The van der Waals surface area contributed by atoms with Gasteiger partial charge in [-0.25, -0.2) is 0 Å². The average Bonchev–Trinajstić information content (AvgIpc) is 3.29. The van der Waals surface area contributed by atoms with Gasteiger partial charge >= 0.3 is 0 Å². The maximum atomic E-state index is 9.81. The summed E-state index contributed by atoms with van der Waals surface area (Å²) in [6.07, 6.45) is 7.07. The van der Waals surface area contributed by atoms with E-state index in [2.05, 4.69) is 68.3 Å². The van der Waals surface area contributed by atoms with E-state index in [9.17, 15) is 5.11 Å². The lowest BCUT2D eigenvalue weighted by Crippen LogP contribution is -2.41. The Labute approximate surface area is 194 Å². The van der Waals surface area contributed by atoms with Crippen molar-refractivity contribution in [1.82, 2.24) is 20.1 Å². The zero-order valence-corrected chi connectivity index (χ0v) is 18.9. The van der Waals surface area contributed by atoms with Crippen LogP contribution in [0.4, 0.5) is 11.4 Å². The molecule has 0 aliphatic carbocycles. The quantitative estimate of drug-likeness (QED) is 0.521. The molecule has 1 aromatic heterocycles. The van der Waals surface area contributed by atoms with E-state index in [0.717, 1.165) is 54.3 Å². The zero-order valence-electron chi connectivity index (χ0n) is 18.9. The number of aryl methyl sites for hydroxylation is 1. The van der Waals surface area contributed by atoms with Crippen molar-refractivity contribution in [3.63, 3.8) is 0 Å². The van der Waals surface area contributed by atoms with E-state index in [-0.39, 0.29) is 6.61 Å². The highest BCUT2D eigenvalue weighted by molar-refractivity contribution is 5.65. The highest BCUT2D eigenvalue weighted by atomic mass is 16.3. The minimum Gasteiger partial charge on any atom is -0.395 e. The second-order valence-electron chi connectivity index (χ2n) is 8.45. The van der Waals surface area contributed by atoms with Gasteiger partial charge in [0.1, 0.15) is 0 Å². The minimum absolute atomic E-state index is 0.0936. The van der Waals surface area contributed by atoms with Crippen LogP contribution in [0.25, 0.3) is 11.1 Å². The molecule has 0 saturated carbocycles. The fourth-order valence-electron chi connectivity index (χ4n) is 4.55. The molecule has 0 bridgehead atoms. The fourth-order valence-corrected chi connectivity index (χ4v) is 4.55. The normalized spacial score (nSPS) is 15.8. The number of anilines is 2. The molecule has 0 spiro atoms. The molecule has 0 radical (unpaired) electrons. The summed E-state index contributed by atoms with van der Waals surface area (Å²) in [6, 6.07) is 18.7. The van der Waals surface area contributed by atoms with E-state index in [0.29, 0.717) is 6.54 Å². The fraction of sp³-hybridized carbons (Fsp3) is 0.269. The van der Waals surface area contributed by atoms with Gasteiger partial charge in [-0.2, -0.15) is 5.10 Å². The standard InChI is InChI=1S/C26H30N6O/c1-30-17-21(16-28-30)20-7-9-23(10-8-20)29-31-18-22-15-27-12-11-25(22)26(19-31)32(13-14-33)24-5-3-2-4-6-24/h2-10,16-17,19,27,29,33H,11-15,18H2,1H3. The Hall–Kier alpha value is -3.55. The predicted molar refractivity (Wildman–Crippen MR) is 132 cm³/mol. The maximum Gasteiger partial charge on any atom is 0.0626 e. The van der Waals surface area contributed by atoms with Gasteiger partial charge in [-0.3, -0.25) is 15.1 Å². The lowest BCUT2D eigenvalue weighted by Gasteiger charge is -2.38. The van der Waals surface area contributed by atoms with Crippen molar-refractivity contribution in [3.05, 3.63) is 90.0 Å². The Balaban J connectivity index is 1.42. The van der Waals surface area contributed by atoms with Crippen molar-refractivity contribution in [2.45, 2.75) is 6.42 Å². The SMILES string of the molecule is Cn1cc(-c2ccc(NN3C=C(N(CCO)c4ccccc4)C4=C(CNCC4)C3)cc2)cn1. The average molecular weight is 443 g/mol. The molecule has 7 heteroatoms. The number of allylic oxidation sites excluding steroid dienone is 1. The number of nitrogens with zero attached hydrogens (tertiary/aromatic N) is 4. The number of nitrogens with one attached hydrogen (secondary N) is 2. The van der Waals surface area contributed by atoms with E-state index < -0.39 is 0 Å². The second kappa shape index (κ2) is 9.52. The number of hydrazine groups is 1. The van der Waals surface area contributed by atoms with E-state index in [1.807, 2.05) is 42.3 Å². The first-order chi connectivity index (χ1) is 16.2. The molecule has 2 aliphatic rings. The molecule has 0 unspecified atom stereocenters. The molecule has 0 amide bonds. The number of aromatic nitrogens is 2. The molecule has 3 heterocycles. The van der Waals surface area contributed by atoms with Crippen LogP contribution in [0.5, 0.6) is 0 Å². The van der Waals surface area contributed by atoms with Crippen LogP contribution in [-0.4, -0.2) is 52.7 Å². The Bertz CT molecular complexity index is 1150. The van der Waals surface area contributed by atoms with Crippen LogP contribution in [0.3, 0.4) is 0 Å². The van der Waals surface area contributed by atoms with Crippen LogP contribution in [0, 0.1) is 0 Å². The minimum atomic E-state index is 0.0936. The number of aliphatic hydroxyl groups is 1. The molecule has 3 aromatic rings. The number of aliphatic hydroxyl groups excluding tert-OH is 1. The van der Waals surface area contributed by atoms with Crippen LogP contribution in [0.2, 0.25) is 0 Å². The summed E-state index contributed by atoms with van der Waals surface area (Å²) in [5.41, 5.74) is 11.8. The van der Waals surface area contributed by atoms with E-state index in [1.165, 1.54) is 11.1 Å². The van der Waals surface area contributed by atoms with Gasteiger partial charge in [0.05, 0.1) is 30.7 Å². The third kappa shape index (κ3) is 4.65. The first kappa shape index (κ1) is 21.3. The summed E-state index contributed by atoms with van der Waals surface area (Å²) in [4.78, 5) is 2.22. The van der Waals surface area contributed by atoms with Gasteiger partial charge in [-0.1, -0.05) is 30.3 Å². The zero-order chi connectivity index (χ0) is 22.6. The van der Waals surface area contributed by atoms with E-state index in [4.69, 9.17) is 0 Å². The molecule has 0 saturated heterocycles. The molecule has 7 nitrogen and oxygen atoms in total. The number of para-hydroxylation sites is 1. The lowest BCUT2D eigenvalue weighted by molar-refractivity contribution is 0.304. The Morgan fingerprint density at radius 1 is 1.09 bits per heavy atom. The van der Waals surface area contributed by atoms with Gasteiger partial charge < -0.3 is 15.3 Å². The third-order valence-electron chi connectivity index (χ3n) is 6.14.